The van der Waals surface area contributed by atoms with E-state index >= 15 is 0 Å². The molecule has 0 aliphatic rings. The number of benzene rings is 1. The molecule has 2 N–H and O–H groups in total. The Balaban J connectivity index is 2.72. The second-order valence-corrected chi connectivity index (χ2v) is 4.50. The molecule has 0 saturated heterocycles. The molecule has 84 valence electrons. The van der Waals surface area contributed by atoms with Gasteiger partial charge in [-0.2, -0.15) is 11.8 Å². The molecule has 0 aliphatic carbocycles. The molecular formula is C11H16ClNOS. The van der Waals surface area contributed by atoms with Gasteiger partial charge in [0, 0.05) is 5.75 Å². The van der Waals surface area contributed by atoms with Crippen molar-refractivity contribution in [1.29, 1.82) is 0 Å². The molecule has 1 aromatic rings. The van der Waals surface area contributed by atoms with Gasteiger partial charge in [0.05, 0.1) is 11.6 Å². The summed E-state index contributed by atoms with van der Waals surface area (Å²) in [7, 11) is 0. The Morgan fingerprint density at radius 1 is 1.47 bits per heavy atom. The molecule has 0 atom stereocenters. The summed E-state index contributed by atoms with van der Waals surface area (Å²) in [5, 5.41) is 0.669. The van der Waals surface area contributed by atoms with E-state index in [1.165, 1.54) is 0 Å². The van der Waals surface area contributed by atoms with E-state index in [0.29, 0.717) is 18.2 Å². The maximum Gasteiger partial charge on any atom is 0.141 e. The van der Waals surface area contributed by atoms with Gasteiger partial charge >= 0.3 is 0 Å². The lowest BCUT2D eigenvalue weighted by Gasteiger charge is -2.12. The number of ether oxygens (including phenoxy) is 1. The molecule has 4 heteroatoms. The van der Waals surface area contributed by atoms with E-state index in [2.05, 4.69) is 6.26 Å². The minimum Gasteiger partial charge on any atom is -0.491 e. The van der Waals surface area contributed by atoms with E-state index < -0.39 is 0 Å². The molecule has 0 heterocycles. The summed E-state index contributed by atoms with van der Waals surface area (Å²) in [4.78, 5) is 0. The van der Waals surface area contributed by atoms with Crippen molar-refractivity contribution >= 4 is 23.4 Å². The molecule has 0 unspecified atom stereocenters. The highest BCUT2D eigenvalue weighted by molar-refractivity contribution is 7.98. The SMILES string of the molecule is CSCCOc1c(Cl)cccc1CCN. The standard InChI is InChI=1S/C11H16ClNOS/c1-15-8-7-14-11-9(5-6-13)3-2-4-10(11)12/h2-4H,5-8,13H2,1H3. The molecule has 0 aromatic heterocycles. The van der Waals surface area contributed by atoms with Crippen LogP contribution in [0.25, 0.3) is 0 Å². The Morgan fingerprint density at radius 2 is 2.27 bits per heavy atom. The first-order chi connectivity index (χ1) is 7.29. The van der Waals surface area contributed by atoms with E-state index in [-0.39, 0.29) is 0 Å². The Hall–Kier alpha value is -0.380. The average Bonchev–Trinajstić information content (AvgIpc) is 2.23. The number of thioether (sulfide) groups is 1. The Labute approximate surface area is 100 Å². The van der Waals surface area contributed by atoms with Gasteiger partial charge in [-0.05, 0) is 30.9 Å². The first-order valence-corrected chi connectivity index (χ1v) is 6.66. The zero-order valence-electron chi connectivity index (χ0n) is 8.83. The fourth-order valence-corrected chi connectivity index (χ4v) is 1.79. The molecule has 1 rings (SSSR count). The summed E-state index contributed by atoms with van der Waals surface area (Å²) in [5.74, 6) is 1.76. The highest BCUT2D eigenvalue weighted by Crippen LogP contribution is 2.28. The minimum absolute atomic E-state index is 0.610. The molecule has 15 heavy (non-hydrogen) atoms. The lowest BCUT2D eigenvalue weighted by atomic mass is 10.1. The molecule has 0 radical (unpaired) electrons. The van der Waals surface area contributed by atoms with Crippen LogP contribution in [0, 0.1) is 0 Å². The first kappa shape index (κ1) is 12.7. The summed E-state index contributed by atoms with van der Waals surface area (Å²) < 4.78 is 5.65. The largest absolute Gasteiger partial charge is 0.491 e. The Kier molecular flexibility index (Phi) is 5.91. The lowest BCUT2D eigenvalue weighted by molar-refractivity contribution is 0.340. The van der Waals surface area contributed by atoms with Gasteiger partial charge in [-0.1, -0.05) is 23.7 Å². The van der Waals surface area contributed by atoms with Crippen LogP contribution >= 0.6 is 23.4 Å². The molecule has 0 bridgehead atoms. The fraction of sp³-hybridized carbons (Fsp3) is 0.455. The van der Waals surface area contributed by atoms with E-state index in [9.17, 15) is 0 Å². The second-order valence-electron chi connectivity index (χ2n) is 3.11. The molecule has 2 nitrogen and oxygen atoms in total. The zero-order valence-corrected chi connectivity index (χ0v) is 10.4. The summed E-state index contributed by atoms with van der Waals surface area (Å²) in [6.07, 6.45) is 2.85. The normalized spacial score (nSPS) is 10.3. The van der Waals surface area contributed by atoms with Crippen molar-refractivity contribution in [1.82, 2.24) is 0 Å². The number of hydrogen-bond acceptors (Lipinski definition) is 3. The zero-order chi connectivity index (χ0) is 11.1. The van der Waals surface area contributed by atoms with Gasteiger partial charge in [0.25, 0.3) is 0 Å². The number of para-hydroxylation sites is 1. The third-order valence-corrected chi connectivity index (χ3v) is 2.87. The maximum atomic E-state index is 6.07. The van der Waals surface area contributed by atoms with Gasteiger partial charge in [-0.3, -0.25) is 0 Å². The molecule has 1 aromatic carbocycles. The highest BCUT2D eigenvalue weighted by atomic mass is 35.5. The summed E-state index contributed by atoms with van der Waals surface area (Å²) >= 11 is 7.82. The third kappa shape index (κ3) is 3.93. The van der Waals surface area contributed by atoms with Gasteiger partial charge in [0.1, 0.15) is 5.75 Å². The third-order valence-electron chi connectivity index (χ3n) is 2.00. The summed E-state index contributed by atoms with van der Waals surface area (Å²) in [5.41, 5.74) is 6.62. The van der Waals surface area contributed by atoms with Crippen LogP contribution < -0.4 is 10.5 Å². The lowest BCUT2D eigenvalue weighted by Crippen LogP contribution is -2.07. The quantitative estimate of drug-likeness (QED) is 0.783. The van der Waals surface area contributed by atoms with Crippen LogP contribution in [0.3, 0.4) is 0 Å². The minimum atomic E-state index is 0.610. The van der Waals surface area contributed by atoms with Gasteiger partial charge in [0.15, 0.2) is 0 Å². The number of halogens is 1. The van der Waals surface area contributed by atoms with Gasteiger partial charge in [0.2, 0.25) is 0 Å². The van der Waals surface area contributed by atoms with Gasteiger partial charge < -0.3 is 10.5 Å². The van der Waals surface area contributed by atoms with Crippen LogP contribution in [0.15, 0.2) is 18.2 Å². The van der Waals surface area contributed by atoms with Crippen LogP contribution in [0.1, 0.15) is 5.56 Å². The van der Waals surface area contributed by atoms with Crippen molar-refractivity contribution in [2.45, 2.75) is 6.42 Å². The van der Waals surface area contributed by atoms with Crippen molar-refractivity contribution in [3.05, 3.63) is 28.8 Å². The number of nitrogens with two attached hydrogens (primary N) is 1. The maximum absolute atomic E-state index is 6.07. The second kappa shape index (κ2) is 6.99. The summed E-state index contributed by atoms with van der Waals surface area (Å²) in [6, 6.07) is 5.78. The molecule has 0 aliphatic heterocycles. The molecular weight excluding hydrogens is 230 g/mol. The molecule has 0 saturated carbocycles. The van der Waals surface area contributed by atoms with E-state index in [0.717, 1.165) is 23.5 Å². The smallest absolute Gasteiger partial charge is 0.141 e. The molecule has 0 amide bonds. The Bertz CT molecular complexity index is 307. The van der Waals surface area contributed by atoms with Crippen molar-refractivity contribution in [2.24, 2.45) is 5.73 Å². The van der Waals surface area contributed by atoms with Crippen LogP contribution in [0.5, 0.6) is 5.75 Å². The van der Waals surface area contributed by atoms with Crippen LogP contribution in [-0.2, 0) is 6.42 Å². The van der Waals surface area contributed by atoms with Crippen molar-refractivity contribution in [2.75, 3.05) is 25.2 Å². The fourth-order valence-electron chi connectivity index (χ4n) is 1.29. The van der Waals surface area contributed by atoms with E-state index in [4.69, 9.17) is 22.1 Å². The topological polar surface area (TPSA) is 35.2 Å². The van der Waals surface area contributed by atoms with E-state index in [1.807, 2.05) is 18.2 Å². The summed E-state index contributed by atoms with van der Waals surface area (Å²) in [6.45, 7) is 1.29. The Morgan fingerprint density at radius 3 is 2.93 bits per heavy atom. The number of rotatable bonds is 6. The van der Waals surface area contributed by atoms with Crippen LogP contribution in [0.4, 0.5) is 0 Å². The molecule has 0 spiro atoms. The highest BCUT2D eigenvalue weighted by Gasteiger charge is 2.07. The number of hydrogen-bond donors (Lipinski definition) is 1. The van der Waals surface area contributed by atoms with Crippen LogP contribution in [-0.4, -0.2) is 25.2 Å². The van der Waals surface area contributed by atoms with Gasteiger partial charge in [-0.25, -0.2) is 0 Å². The first-order valence-electron chi connectivity index (χ1n) is 4.88. The van der Waals surface area contributed by atoms with Crippen molar-refractivity contribution in [3.63, 3.8) is 0 Å². The van der Waals surface area contributed by atoms with Crippen molar-refractivity contribution in [3.8, 4) is 5.75 Å². The predicted molar refractivity (Wildman–Crippen MR) is 68.1 cm³/mol. The van der Waals surface area contributed by atoms with Crippen molar-refractivity contribution < 1.29 is 4.74 Å². The predicted octanol–water partition coefficient (Wildman–Crippen LogP) is 2.58. The van der Waals surface area contributed by atoms with Crippen LogP contribution in [0.2, 0.25) is 5.02 Å². The molecule has 0 fully saturated rings. The monoisotopic (exact) mass is 245 g/mol. The van der Waals surface area contributed by atoms with E-state index in [1.54, 1.807) is 11.8 Å². The van der Waals surface area contributed by atoms with Gasteiger partial charge in [-0.15, -0.1) is 0 Å². The average molecular weight is 246 g/mol.